The molecular formula is C55H87N15O17S4. The zero-order valence-corrected chi connectivity index (χ0v) is 54.3. The van der Waals surface area contributed by atoms with Gasteiger partial charge in [-0.25, -0.2) is 4.79 Å². The Morgan fingerprint density at radius 3 is 1.58 bits per heavy atom. The number of rotatable bonds is 38. The molecule has 0 aromatic heterocycles. The van der Waals surface area contributed by atoms with Gasteiger partial charge >= 0.3 is 5.97 Å². The van der Waals surface area contributed by atoms with Crippen molar-refractivity contribution in [2.75, 3.05) is 55.8 Å². The van der Waals surface area contributed by atoms with E-state index in [1.54, 1.807) is 6.92 Å². The molecular weight excluding hydrogens is 1270 g/mol. The fourth-order valence-corrected chi connectivity index (χ4v) is 10.5. The molecule has 0 saturated carbocycles. The van der Waals surface area contributed by atoms with Crippen LogP contribution in [0.1, 0.15) is 84.1 Å². The highest BCUT2D eigenvalue weighted by Crippen LogP contribution is 2.21. The second-order valence-corrected chi connectivity index (χ2v) is 23.3. The Morgan fingerprint density at radius 1 is 0.582 bits per heavy atom. The standard InChI is InChI=1S/C55H87N15O17S4/c1-4-27(2)43(58)53(84)67-37(25-90)50(81)66-36(24-89)49(80)63-33(20-41(57)73)54(85)70-18-8-11-40(70)51(82)60-28(3)44(75)65-35(23-88)45(76)59-21-42(74)69-17-7-10-39(69)52(83)61-31(9-5-6-16-56)46(77)62-32(19-29-12-14-30(72)15-13-29)47(78)64-34(22-71)48(79)68-38(26-91)55(86)87/h12-15,27-28,31-40,43,71-72,88-91H,4-11,16-26,56,58H2,1-3H3,(H2,57,73)(H,59,76)(H,60,82)(H,61,83)(H,62,77)(H,63,80)(H,64,78)(H,65,75)(H,66,81)(H,67,84)(H,68,79)(H,86,87)/t27-,28-,31-,32-,33-,34-,35-,36-,37-,38-,39-,40-,43-/m0/s1. The van der Waals surface area contributed by atoms with Crippen molar-refractivity contribution < 1.29 is 82.4 Å². The number of carboxylic acids is 1. The number of hydrogen-bond acceptors (Lipinski definition) is 22. The highest BCUT2D eigenvalue weighted by Gasteiger charge is 2.41. The first kappa shape index (κ1) is 78.1. The highest BCUT2D eigenvalue weighted by atomic mass is 32.1. The maximum Gasteiger partial charge on any atom is 0.327 e. The Hall–Kier alpha value is -7.12. The molecule has 2 aliphatic heterocycles. The first-order valence-corrected chi connectivity index (χ1v) is 32.0. The number of primary amides is 1. The molecule has 91 heavy (non-hydrogen) atoms. The number of aliphatic hydroxyl groups is 1. The van der Waals surface area contributed by atoms with Gasteiger partial charge in [0.15, 0.2) is 0 Å². The molecule has 19 N–H and O–H groups in total. The molecule has 13 atom stereocenters. The van der Waals surface area contributed by atoms with Crippen molar-refractivity contribution in [3.8, 4) is 5.75 Å². The van der Waals surface area contributed by atoms with Crippen LogP contribution in [0.5, 0.6) is 5.75 Å². The van der Waals surface area contributed by atoms with Gasteiger partial charge < -0.3 is 95.5 Å². The zero-order valence-electron chi connectivity index (χ0n) is 50.7. The monoisotopic (exact) mass is 1360 g/mol. The minimum absolute atomic E-state index is 0.000304. The third-order valence-corrected chi connectivity index (χ3v) is 16.6. The van der Waals surface area contributed by atoms with Gasteiger partial charge in [-0.3, -0.25) is 62.3 Å². The number of thiol groups is 4. The maximum absolute atomic E-state index is 14.1. The molecule has 2 saturated heterocycles. The number of benzene rings is 1. The topological polar surface area (TPSA) is 505 Å². The first-order valence-electron chi connectivity index (χ1n) is 29.5. The SMILES string of the molecule is CC[C@H](C)[C@H](N)C(=O)N[C@@H](CS)C(=O)N[C@@H](CS)C(=O)N[C@@H](CC(N)=O)C(=O)N1CCC[C@H]1C(=O)N[C@@H](C)C(=O)N[C@@H](CS)C(=O)NCC(=O)N1CCC[C@H]1C(=O)N[C@@H](CCCCN)C(=O)N[C@@H](Cc1ccc(O)cc1)C(=O)N[C@@H](CO)C(=O)N[C@@H](CS)C(=O)O. The Labute approximate surface area is 548 Å². The van der Waals surface area contributed by atoms with Gasteiger partial charge in [-0.1, -0.05) is 32.4 Å². The third kappa shape index (κ3) is 24.5. The van der Waals surface area contributed by atoms with Crippen molar-refractivity contribution in [1.29, 1.82) is 0 Å². The van der Waals surface area contributed by atoms with E-state index in [4.69, 9.17) is 17.2 Å². The maximum atomic E-state index is 14.1. The van der Waals surface area contributed by atoms with Crippen molar-refractivity contribution in [2.24, 2.45) is 23.1 Å². The molecule has 0 radical (unpaired) electrons. The Bertz CT molecular complexity index is 2740. The van der Waals surface area contributed by atoms with Crippen molar-refractivity contribution in [3.63, 3.8) is 0 Å². The average Bonchev–Trinajstić information content (AvgIpc) is 1.86. The predicted octanol–water partition coefficient (Wildman–Crippen LogP) is -6.41. The van der Waals surface area contributed by atoms with Crippen molar-refractivity contribution in [1.82, 2.24) is 63.0 Å². The smallest absolute Gasteiger partial charge is 0.327 e. The first-order chi connectivity index (χ1) is 43.1. The summed E-state index contributed by atoms with van der Waals surface area (Å²) in [6, 6.07) is -10.7. The normalized spacial score (nSPS) is 18.1. The summed E-state index contributed by atoms with van der Waals surface area (Å²) in [5.41, 5.74) is 17.6. The summed E-state index contributed by atoms with van der Waals surface area (Å²) >= 11 is 16.4. The van der Waals surface area contributed by atoms with Crippen LogP contribution in [0.25, 0.3) is 0 Å². The number of amides is 13. The van der Waals surface area contributed by atoms with Gasteiger partial charge in [-0.15, -0.1) is 0 Å². The molecule has 2 heterocycles. The van der Waals surface area contributed by atoms with Crippen LogP contribution in [-0.2, 0) is 73.5 Å². The Balaban J connectivity index is 1.66. The lowest BCUT2D eigenvalue weighted by atomic mass is 9.99. The van der Waals surface area contributed by atoms with Crippen LogP contribution in [0.3, 0.4) is 0 Å². The van der Waals surface area contributed by atoms with Gasteiger partial charge in [0.05, 0.1) is 25.6 Å². The molecule has 2 fully saturated rings. The fourth-order valence-electron chi connectivity index (χ4n) is 9.51. The average molecular weight is 1360 g/mol. The Kier molecular flexibility index (Phi) is 33.8. The molecule has 13 amide bonds. The van der Waals surface area contributed by atoms with E-state index >= 15 is 0 Å². The molecule has 1 aromatic carbocycles. The van der Waals surface area contributed by atoms with E-state index in [0.29, 0.717) is 31.2 Å². The van der Waals surface area contributed by atoms with Gasteiger partial charge in [0, 0.05) is 42.5 Å². The molecule has 3 rings (SSSR count). The summed E-state index contributed by atoms with van der Waals surface area (Å²) in [6.07, 6.45) is 1.21. The second-order valence-electron chi connectivity index (χ2n) is 21.9. The minimum Gasteiger partial charge on any atom is -0.508 e. The van der Waals surface area contributed by atoms with E-state index < -0.39 is 175 Å². The summed E-state index contributed by atoms with van der Waals surface area (Å²) < 4.78 is 0. The molecule has 36 heteroatoms. The van der Waals surface area contributed by atoms with E-state index in [-0.39, 0.29) is 86.4 Å². The van der Waals surface area contributed by atoms with Crippen LogP contribution in [0.15, 0.2) is 24.3 Å². The number of hydrogen-bond donors (Lipinski definition) is 20. The van der Waals surface area contributed by atoms with E-state index in [1.165, 1.54) is 36.1 Å². The van der Waals surface area contributed by atoms with Crippen LogP contribution in [0, 0.1) is 5.92 Å². The minimum atomic E-state index is -1.68. The van der Waals surface area contributed by atoms with Crippen molar-refractivity contribution in [3.05, 3.63) is 29.8 Å². The highest BCUT2D eigenvalue weighted by molar-refractivity contribution is 7.80. The van der Waals surface area contributed by atoms with E-state index in [1.807, 2.05) is 6.92 Å². The summed E-state index contributed by atoms with van der Waals surface area (Å²) in [6.45, 7) is 3.51. The van der Waals surface area contributed by atoms with E-state index in [9.17, 15) is 82.4 Å². The van der Waals surface area contributed by atoms with Crippen LogP contribution >= 0.6 is 50.5 Å². The molecule has 1 aromatic rings. The van der Waals surface area contributed by atoms with Crippen molar-refractivity contribution >= 4 is 133 Å². The van der Waals surface area contributed by atoms with Crippen LogP contribution in [0.4, 0.5) is 0 Å². The zero-order chi connectivity index (χ0) is 68.2. The van der Waals surface area contributed by atoms with Gasteiger partial charge in [0.25, 0.3) is 0 Å². The van der Waals surface area contributed by atoms with Gasteiger partial charge in [-0.2, -0.15) is 50.5 Å². The molecule has 0 spiro atoms. The van der Waals surface area contributed by atoms with E-state index in [0.717, 1.165) is 4.90 Å². The van der Waals surface area contributed by atoms with Gasteiger partial charge in [0.2, 0.25) is 76.8 Å². The number of carboxylic acid groups (broad SMARTS) is 1. The number of aromatic hydroxyl groups is 1. The van der Waals surface area contributed by atoms with Gasteiger partial charge in [-0.05, 0) is 82.0 Å². The quantitative estimate of drug-likeness (QED) is 0.0216. The number of aliphatic carboxylic acids is 1. The number of aliphatic hydroxyl groups excluding tert-OH is 1. The Morgan fingerprint density at radius 2 is 1.04 bits per heavy atom. The molecule has 508 valence electrons. The molecule has 0 unspecified atom stereocenters. The van der Waals surface area contributed by atoms with Gasteiger partial charge in [0.1, 0.15) is 72.2 Å². The largest absolute Gasteiger partial charge is 0.508 e. The van der Waals surface area contributed by atoms with Crippen LogP contribution < -0.4 is 70.4 Å². The third-order valence-electron chi connectivity index (χ3n) is 15.1. The molecule has 0 aliphatic carbocycles. The molecule has 0 bridgehead atoms. The van der Waals surface area contributed by atoms with Crippen LogP contribution in [-0.4, -0.2) is 236 Å². The summed E-state index contributed by atoms with van der Waals surface area (Å²) in [7, 11) is 0. The second kappa shape index (κ2) is 39.3. The summed E-state index contributed by atoms with van der Waals surface area (Å²) in [5, 5.41) is 53.7. The number of nitrogens with two attached hydrogens (primary N) is 3. The summed E-state index contributed by atoms with van der Waals surface area (Å²) in [5.74, 6) is -14.1. The predicted molar refractivity (Wildman–Crippen MR) is 342 cm³/mol. The molecule has 32 nitrogen and oxygen atoms in total. The lowest BCUT2D eigenvalue weighted by Crippen LogP contribution is -2.60. The number of nitrogens with zero attached hydrogens (tertiary/aromatic N) is 2. The fraction of sp³-hybridized carbons (Fsp3) is 0.636. The molecule has 2 aliphatic rings. The number of carbonyl (C=O) groups is 14. The number of unbranched alkanes of at least 4 members (excludes halogenated alkanes) is 1. The summed E-state index contributed by atoms with van der Waals surface area (Å²) in [4.78, 5) is 189. The van der Waals surface area contributed by atoms with Crippen molar-refractivity contribution in [2.45, 2.75) is 157 Å². The number of carbonyl (C=O) groups excluding carboxylic acids is 13. The van der Waals surface area contributed by atoms with E-state index in [2.05, 4.69) is 104 Å². The number of phenols is 1. The van der Waals surface area contributed by atoms with Crippen LogP contribution in [0.2, 0.25) is 0 Å². The lowest BCUT2D eigenvalue weighted by molar-refractivity contribution is -0.143. The number of phenolic OH excluding ortho intramolecular Hbond substituents is 1. The lowest BCUT2D eigenvalue weighted by Gasteiger charge is -2.30. The number of nitrogens with one attached hydrogen (secondary N) is 10. The number of likely N-dealkylation sites (tertiary alicyclic amines) is 2.